The summed E-state index contributed by atoms with van der Waals surface area (Å²) in [5, 5.41) is 11.7. The number of rotatable bonds is 4. The lowest BCUT2D eigenvalue weighted by molar-refractivity contribution is 0.0883. The van der Waals surface area contributed by atoms with Crippen molar-refractivity contribution >= 4 is 5.91 Å². The fraction of sp³-hybridized carbons (Fsp3) is 0.545. The van der Waals surface area contributed by atoms with E-state index in [0.717, 1.165) is 5.56 Å². The molecule has 1 aromatic heterocycles. The van der Waals surface area contributed by atoms with Crippen LogP contribution in [0.15, 0.2) is 16.7 Å². The molecule has 4 heteroatoms. The molecule has 2 N–H and O–H groups in total. The Balaban J connectivity index is 2.55. The zero-order valence-corrected chi connectivity index (χ0v) is 9.33. The number of carbonyl (C=O) groups excluding carboxylic acids is 1. The van der Waals surface area contributed by atoms with Gasteiger partial charge in [0.25, 0.3) is 5.91 Å². The number of nitrogens with one attached hydrogen (secondary N) is 1. The lowest BCUT2D eigenvalue weighted by Crippen LogP contribution is -2.36. The Bertz CT molecular complexity index is 341. The summed E-state index contributed by atoms with van der Waals surface area (Å²) in [5.74, 6) is 0.0998. The number of aliphatic hydroxyl groups is 1. The van der Waals surface area contributed by atoms with Crippen LogP contribution in [0.5, 0.6) is 0 Å². The van der Waals surface area contributed by atoms with E-state index in [-0.39, 0.29) is 17.9 Å². The van der Waals surface area contributed by atoms with Crippen LogP contribution in [0.3, 0.4) is 0 Å². The van der Waals surface area contributed by atoms with E-state index >= 15 is 0 Å². The maximum Gasteiger partial charge on any atom is 0.287 e. The Morgan fingerprint density at radius 3 is 2.73 bits per heavy atom. The third-order valence-corrected chi connectivity index (χ3v) is 2.22. The van der Waals surface area contributed by atoms with Gasteiger partial charge in [-0.1, -0.05) is 13.8 Å². The molecule has 1 heterocycles. The van der Waals surface area contributed by atoms with Gasteiger partial charge in [-0.3, -0.25) is 4.79 Å². The Morgan fingerprint density at radius 1 is 1.60 bits per heavy atom. The predicted molar refractivity (Wildman–Crippen MR) is 56.6 cm³/mol. The van der Waals surface area contributed by atoms with Crippen LogP contribution in [0, 0.1) is 12.3 Å². The highest BCUT2D eigenvalue weighted by Gasteiger charge is 2.19. The molecule has 0 unspecified atom stereocenters. The molecule has 0 radical (unpaired) electrons. The summed E-state index contributed by atoms with van der Waals surface area (Å²) in [6.45, 7) is 6.02. The molecule has 0 atom stereocenters. The predicted octanol–water partition coefficient (Wildman–Crippen LogP) is 1.34. The monoisotopic (exact) mass is 211 g/mol. The Labute approximate surface area is 89.3 Å². The van der Waals surface area contributed by atoms with Gasteiger partial charge >= 0.3 is 0 Å². The van der Waals surface area contributed by atoms with E-state index in [1.807, 2.05) is 20.8 Å². The number of hydrogen-bond donors (Lipinski definition) is 2. The van der Waals surface area contributed by atoms with Crippen molar-refractivity contribution in [1.29, 1.82) is 0 Å². The van der Waals surface area contributed by atoms with Crippen molar-refractivity contribution in [2.45, 2.75) is 20.8 Å². The van der Waals surface area contributed by atoms with Crippen molar-refractivity contribution in [3.05, 3.63) is 23.7 Å². The lowest BCUT2D eigenvalue weighted by atomic mass is 9.95. The molecule has 0 aliphatic heterocycles. The maximum atomic E-state index is 11.6. The first-order chi connectivity index (χ1) is 6.96. The van der Waals surface area contributed by atoms with Gasteiger partial charge in [0.05, 0.1) is 6.26 Å². The van der Waals surface area contributed by atoms with Crippen molar-refractivity contribution in [3.8, 4) is 0 Å². The second-order valence-corrected chi connectivity index (χ2v) is 4.44. The fourth-order valence-corrected chi connectivity index (χ4v) is 1.06. The zero-order chi connectivity index (χ0) is 11.5. The highest BCUT2D eigenvalue weighted by molar-refractivity contribution is 5.92. The van der Waals surface area contributed by atoms with E-state index in [9.17, 15) is 4.79 Å². The summed E-state index contributed by atoms with van der Waals surface area (Å²) < 4.78 is 5.05. The molecule has 0 spiro atoms. The molecule has 84 valence electrons. The minimum absolute atomic E-state index is 0.0322. The van der Waals surface area contributed by atoms with E-state index in [1.54, 1.807) is 6.07 Å². The topological polar surface area (TPSA) is 62.5 Å². The standard InChI is InChI=1S/C11H17NO3/c1-8-4-5-15-9(8)10(14)12-6-11(2,3)7-13/h4-5,13H,6-7H2,1-3H3,(H,12,14). The molecule has 0 aliphatic carbocycles. The summed E-state index contributed by atoms with van der Waals surface area (Å²) >= 11 is 0. The van der Waals surface area contributed by atoms with Crippen molar-refractivity contribution < 1.29 is 14.3 Å². The first-order valence-electron chi connectivity index (χ1n) is 4.89. The van der Waals surface area contributed by atoms with E-state index in [1.165, 1.54) is 6.26 Å². The summed E-state index contributed by atoms with van der Waals surface area (Å²) in [6.07, 6.45) is 1.49. The molecule has 0 aromatic carbocycles. The van der Waals surface area contributed by atoms with Gasteiger partial charge in [0.2, 0.25) is 0 Å². The molecular formula is C11H17NO3. The number of aliphatic hydroxyl groups excluding tert-OH is 1. The quantitative estimate of drug-likeness (QED) is 0.790. The minimum atomic E-state index is -0.309. The maximum absolute atomic E-state index is 11.6. The Morgan fingerprint density at radius 2 is 2.27 bits per heavy atom. The number of amides is 1. The SMILES string of the molecule is Cc1ccoc1C(=O)NCC(C)(C)CO. The van der Waals surface area contributed by atoms with Crippen molar-refractivity contribution in [3.63, 3.8) is 0 Å². The van der Waals surface area contributed by atoms with Gasteiger partial charge in [-0.15, -0.1) is 0 Å². The van der Waals surface area contributed by atoms with Crippen LogP contribution < -0.4 is 5.32 Å². The van der Waals surface area contributed by atoms with Crippen molar-refractivity contribution in [2.24, 2.45) is 5.41 Å². The van der Waals surface area contributed by atoms with Gasteiger partial charge in [0.1, 0.15) is 0 Å². The molecule has 0 fully saturated rings. The van der Waals surface area contributed by atoms with E-state index in [4.69, 9.17) is 9.52 Å². The molecule has 15 heavy (non-hydrogen) atoms. The van der Waals surface area contributed by atoms with Gasteiger partial charge in [-0.05, 0) is 13.0 Å². The van der Waals surface area contributed by atoms with Crippen molar-refractivity contribution in [2.75, 3.05) is 13.2 Å². The smallest absolute Gasteiger partial charge is 0.287 e. The summed E-state index contributed by atoms with van der Waals surface area (Å²) in [6, 6.07) is 1.74. The molecule has 0 saturated carbocycles. The number of carbonyl (C=O) groups is 1. The zero-order valence-electron chi connectivity index (χ0n) is 9.33. The number of furan rings is 1. The van der Waals surface area contributed by atoms with Crippen LogP contribution in [0.25, 0.3) is 0 Å². The van der Waals surface area contributed by atoms with E-state index in [0.29, 0.717) is 12.3 Å². The molecule has 0 saturated heterocycles. The fourth-order valence-electron chi connectivity index (χ4n) is 1.06. The number of hydrogen-bond acceptors (Lipinski definition) is 3. The molecule has 1 rings (SSSR count). The average Bonchev–Trinajstić information content (AvgIpc) is 2.61. The van der Waals surface area contributed by atoms with Gasteiger partial charge in [0.15, 0.2) is 5.76 Å². The van der Waals surface area contributed by atoms with E-state index < -0.39 is 0 Å². The third-order valence-electron chi connectivity index (χ3n) is 2.22. The lowest BCUT2D eigenvalue weighted by Gasteiger charge is -2.21. The van der Waals surface area contributed by atoms with Gasteiger partial charge in [-0.2, -0.15) is 0 Å². The summed E-state index contributed by atoms with van der Waals surface area (Å²) in [4.78, 5) is 11.6. The van der Waals surface area contributed by atoms with Gasteiger partial charge in [-0.25, -0.2) is 0 Å². The first kappa shape index (κ1) is 11.8. The summed E-state index contributed by atoms with van der Waals surface area (Å²) in [7, 11) is 0. The largest absolute Gasteiger partial charge is 0.459 e. The molecule has 4 nitrogen and oxygen atoms in total. The van der Waals surface area contributed by atoms with Crippen LogP contribution in [0.1, 0.15) is 30.0 Å². The molecular weight excluding hydrogens is 194 g/mol. The van der Waals surface area contributed by atoms with Gasteiger partial charge in [0, 0.05) is 24.1 Å². The van der Waals surface area contributed by atoms with Crippen LogP contribution in [0.4, 0.5) is 0 Å². The first-order valence-corrected chi connectivity index (χ1v) is 4.89. The highest BCUT2D eigenvalue weighted by Crippen LogP contribution is 2.13. The molecule has 0 bridgehead atoms. The van der Waals surface area contributed by atoms with Gasteiger partial charge < -0.3 is 14.8 Å². The van der Waals surface area contributed by atoms with Crippen molar-refractivity contribution in [1.82, 2.24) is 5.32 Å². The molecule has 1 aromatic rings. The van der Waals surface area contributed by atoms with Crippen LogP contribution in [0.2, 0.25) is 0 Å². The summed E-state index contributed by atoms with van der Waals surface area (Å²) in [5.41, 5.74) is 0.505. The second-order valence-electron chi connectivity index (χ2n) is 4.44. The van der Waals surface area contributed by atoms with Crippen LogP contribution in [-0.2, 0) is 0 Å². The average molecular weight is 211 g/mol. The second kappa shape index (κ2) is 4.49. The van der Waals surface area contributed by atoms with Crippen LogP contribution >= 0.6 is 0 Å². The minimum Gasteiger partial charge on any atom is -0.459 e. The molecule has 0 aliphatic rings. The number of aryl methyl sites for hydroxylation is 1. The Kier molecular flexibility index (Phi) is 3.52. The highest BCUT2D eigenvalue weighted by atomic mass is 16.3. The normalized spacial score (nSPS) is 11.5. The third kappa shape index (κ3) is 3.09. The van der Waals surface area contributed by atoms with Crippen LogP contribution in [-0.4, -0.2) is 24.2 Å². The van der Waals surface area contributed by atoms with E-state index in [2.05, 4.69) is 5.32 Å². The molecule has 1 amide bonds. The Hall–Kier alpha value is -1.29.